The molecule has 19 heteroatoms. The fourth-order valence-electron chi connectivity index (χ4n) is 16.4. The van der Waals surface area contributed by atoms with Crippen LogP contribution in [0.5, 0.6) is 0 Å². The minimum absolute atomic E-state index is 0.000138. The van der Waals surface area contributed by atoms with Crippen LogP contribution in [0.4, 0.5) is 5.69 Å². The van der Waals surface area contributed by atoms with Gasteiger partial charge >= 0.3 is 0 Å². The van der Waals surface area contributed by atoms with E-state index in [0.29, 0.717) is 33.5 Å². The van der Waals surface area contributed by atoms with Gasteiger partial charge in [0.25, 0.3) is 23.4 Å². The summed E-state index contributed by atoms with van der Waals surface area (Å²) in [6, 6.07) is 43.9. The van der Waals surface area contributed by atoms with Crippen LogP contribution < -0.4 is 17.2 Å². The van der Waals surface area contributed by atoms with Crippen molar-refractivity contribution in [2.24, 2.45) is 49.9 Å². The molecule has 6 heterocycles. The van der Waals surface area contributed by atoms with Crippen LogP contribution in [0.25, 0.3) is 17.1 Å². The highest BCUT2D eigenvalue weighted by Gasteiger charge is 2.59. The summed E-state index contributed by atoms with van der Waals surface area (Å²) in [6.45, 7) is 5.84. The lowest BCUT2D eigenvalue weighted by molar-refractivity contribution is -0.385. The number of carbonyl (C=O) groups excluding carboxylic acids is 3. The zero-order valence-corrected chi connectivity index (χ0v) is 52.0. The molecule has 3 amide bonds. The second-order valence-corrected chi connectivity index (χ2v) is 27.5. The fraction of sp³-hybridized carbons (Fsp3) is 0.292. The second kappa shape index (κ2) is 20.6. The van der Waals surface area contributed by atoms with Gasteiger partial charge in [0, 0.05) is 38.4 Å². The van der Waals surface area contributed by atoms with Crippen molar-refractivity contribution in [1.82, 2.24) is 28.7 Å². The van der Waals surface area contributed by atoms with Crippen LogP contribution in [0.3, 0.4) is 0 Å². The summed E-state index contributed by atoms with van der Waals surface area (Å²) in [6.07, 6.45) is 16.4. The third-order valence-electron chi connectivity index (χ3n) is 21.3. The Balaban J connectivity index is 0.000000109. The van der Waals surface area contributed by atoms with Crippen molar-refractivity contribution < 1.29 is 19.3 Å². The minimum Gasteiger partial charge on any atom is -0.364 e. The third-order valence-corrected chi connectivity index (χ3v) is 22.0. The van der Waals surface area contributed by atoms with Crippen molar-refractivity contribution in [1.29, 1.82) is 0 Å². The van der Waals surface area contributed by atoms with Crippen molar-refractivity contribution in [3.8, 4) is 17.1 Å². The highest BCUT2D eigenvalue weighted by molar-refractivity contribution is 9.10. The molecular weight excluding hydrogens is 1210 g/mol. The first-order chi connectivity index (χ1) is 43.9. The van der Waals surface area contributed by atoms with Gasteiger partial charge in [-0.25, -0.2) is 15.0 Å². The van der Waals surface area contributed by atoms with E-state index in [1.165, 1.54) is 80.5 Å². The number of carbonyl (C=O) groups is 3. The Kier molecular flexibility index (Phi) is 12.8. The van der Waals surface area contributed by atoms with Crippen molar-refractivity contribution >= 4 is 56.5 Å². The molecule has 6 bridgehead atoms. The molecule has 3 aliphatic heterocycles. The van der Waals surface area contributed by atoms with Crippen LogP contribution in [-0.2, 0) is 16.2 Å². The topological polar surface area (TPSA) is 263 Å². The average Bonchev–Trinajstić information content (AvgIpc) is 1.72. The molecule has 454 valence electrons. The van der Waals surface area contributed by atoms with Crippen LogP contribution >= 0.6 is 15.9 Å². The number of primary amides is 3. The number of para-hydroxylation sites is 1. The van der Waals surface area contributed by atoms with Gasteiger partial charge in [-0.2, -0.15) is 0 Å². The van der Waals surface area contributed by atoms with Gasteiger partial charge < -0.3 is 17.2 Å². The Morgan fingerprint density at radius 2 is 0.802 bits per heavy atom. The number of fused-ring (bicyclic) bond motifs is 9. The Hall–Kier alpha value is -9.75. The van der Waals surface area contributed by atoms with Crippen LogP contribution in [0.15, 0.2) is 172 Å². The highest BCUT2D eigenvalue weighted by atomic mass is 79.9. The fourth-order valence-corrected chi connectivity index (χ4v) is 16.9. The zero-order chi connectivity index (χ0) is 62.6. The Bertz CT molecular complexity index is 4690. The molecule has 9 aromatic rings. The van der Waals surface area contributed by atoms with Gasteiger partial charge in [-0.05, 0) is 178 Å². The van der Waals surface area contributed by atoms with E-state index < -0.39 is 23.8 Å². The van der Waals surface area contributed by atoms with E-state index in [1.807, 2.05) is 76.9 Å². The SMILES string of the molecule is C[C@H]1N=C(c2ccccc2)c2cc(C34CC(C3)C4)ccc2-n2cnc(C(N)=O)c21.C[C@H]1N=C(c2ccccc2Br)c2cc(C34CC(C3)C4)ccc2-n2cnc(C(N)=O)c21.C[C@H]1N=C(c2ccccc2[N+](=O)[O-])c2cc(C34CC(C3)C4)ccc2-n2cnc(C(N)=O)c21. The van der Waals surface area contributed by atoms with E-state index in [9.17, 15) is 24.5 Å². The van der Waals surface area contributed by atoms with E-state index in [1.54, 1.807) is 37.2 Å². The maximum Gasteiger partial charge on any atom is 0.278 e. The summed E-state index contributed by atoms with van der Waals surface area (Å²) in [5, 5.41) is 11.8. The number of halogens is 1. The molecule has 18 nitrogen and oxygen atoms in total. The summed E-state index contributed by atoms with van der Waals surface area (Å²) < 4.78 is 6.82. The molecule has 21 rings (SSSR count). The summed E-state index contributed by atoms with van der Waals surface area (Å²) in [7, 11) is 0. The Morgan fingerprint density at radius 3 is 1.16 bits per heavy atom. The van der Waals surface area contributed by atoms with Gasteiger partial charge in [0.1, 0.15) is 19.0 Å². The Morgan fingerprint density at radius 1 is 0.462 bits per heavy atom. The summed E-state index contributed by atoms with van der Waals surface area (Å²) in [5.41, 5.74) is 35.4. The summed E-state index contributed by atoms with van der Waals surface area (Å²) >= 11 is 3.71. The number of amides is 3. The molecule has 91 heavy (non-hydrogen) atoms. The molecule has 6 N–H and O–H groups in total. The van der Waals surface area contributed by atoms with Gasteiger partial charge in [-0.1, -0.05) is 94.8 Å². The number of imidazole rings is 3. The van der Waals surface area contributed by atoms with Crippen molar-refractivity contribution in [3.63, 3.8) is 0 Å². The van der Waals surface area contributed by atoms with E-state index in [-0.39, 0.29) is 39.5 Å². The predicted octanol–water partition coefficient (Wildman–Crippen LogP) is 12.5. The van der Waals surface area contributed by atoms with Crippen molar-refractivity contribution in [2.75, 3.05) is 0 Å². The van der Waals surface area contributed by atoms with E-state index in [0.717, 1.165) is 89.9 Å². The van der Waals surface area contributed by atoms with Gasteiger partial charge in [0.05, 0.1) is 79.9 Å². The number of nitro benzene ring substituents is 1. The largest absolute Gasteiger partial charge is 0.364 e. The lowest BCUT2D eigenvalue weighted by Gasteiger charge is -2.62. The molecule has 3 atom stereocenters. The summed E-state index contributed by atoms with van der Waals surface area (Å²) in [4.78, 5) is 75.5. The number of benzene rings is 6. The lowest BCUT2D eigenvalue weighted by Crippen LogP contribution is -2.55. The normalized spacial score (nSPS) is 25.6. The number of hydrogen-bond donors (Lipinski definition) is 3. The molecule has 0 unspecified atom stereocenters. The van der Waals surface area contributed by atoms with Gasteiger partial charge in [0.2, 0.25) is 0 Å². The molecule has 0 spiro atoms. The van der Waals surface area contributed by atoms with E-state index in [2.05, 4.69) is 97.6 Å². The molecule has 3 aromatic heterocycles. The predicted molar refractivity (Wildman–Crippen MR) is 349 cm³/mol. The zero-order valence-electron chi connectivity index (χ0n) is 50.4. The third kappa shape index (κ3) is 8.73. The monoisotopic (exact) mass is 1270 g/mol. The molecule has 9 saturated carbocycles. The van der Waals surface area contributed by atoms with Crippen LogP contribution in [0, 0.1) is 27.9 Å². The first-order valence-corrected chi connectivity index (χ1v) is 32.0. The van der Waals surface area contributed by atoms with Crippen LogP contribution in [0.1, 0.15) is 195 Å². The van der Waals surface area contributed by atoms with Gasteiger partial charge in [-0.3, -0.25) is 53.2 Å². The minimum atomic E-state index is -0.623. The van der Waals surface area contributed by atoms with E-state index in [4.69, 9.17) is 32.2 Å². The van der Waals surface area contributed by atoms with Crippen LogP contribution in [-0.4, -0.2) is 68.4 Å². The van der Waals surface area contributed by atoms with Crippen molar-refractivity contribution in [3.05, 3.63) is 251 Å². The van der Waals surface area contributed by atoms with Gasteiger partial charge in [0.15, 0.2) is 17.1 Å². The lowest BCUT2D eigenvalue weighted by atomic mass is 9.42. The molecular formula is C72H64BrN13O5. The Labute approximate surface area is 532 Å². The second-order valence-electron chi connectivity index (χ2n) is 26.7. The van der Waals surface area contributed by atoms with Crippen LogP contribution in [0.2, 0.25) is 0 Å². The first kappa shape index (κ1) is 56.5. The molecule has 6 aromatic carbocycles. The van der Waals surface area contributed by atoms with E-state index >= 15 is 0 Å². The molecule has 0 saturated heterocycles. The molecule has 9 fully saturated rings. The molecule has 9 aliphatic carbocycles. The average molecular weight is 1270 g/mol. The summed E-state index contributed by atoms with van der Waals surface area (Å²) in [5.74, 6) is 1.00. The maximum atomic E-state index is 12.0. The number of aromatic nitrogens is 6. The number of nitro groups is 1. The first-order valence-electron chi connectivity index (χ1n) is 31.2. The number of aliphatic imine (C=N–C) groups is 3. The van der Waals surface area contributed by atoms with Gasteiger partial charge in [-0.15, -0.1) is 0 Å². The highest BCUT2D eigenvalue weighted by Crippen LogP contribution is 2.67. The molecule has 12 aliphatic rings. The standard InChI is InChI=1S/C24H21BrN4O.C24H21N5O3.C24H22N4O/c1-13-22-21(23(26)30)27-12-29(22)19-7-6-15(24-9-14(10-24)11-24)8-17(19)20(28-13)16-4-2-3-5-18(16)25;1-13-22-21(23(25)30)26-12-28(22)18-7-6-15(24-9-14(10-24)11-24)8-17(18)20(27-13)16-4-2-3-5-19(16)29(31)32;1-14-22-21(23(25)29)26-13-28(22)19-8-7-17(24-10-15(11-24)12-24)9-18(19)20(27-14)16-5-3-2-4-6-16/h2-8,12-14H,9-11H2,1H3,(H2,26,30);2-8,12-14H,9-11H2,1H3,(H2,25,30);2-9,13-15H,10-12H2,1H3,(H2,25,29)/t2*13-,14?,24?;14-,15?,24?/m111/s1. The van der Waals surface area contributed by atoms with Crippen molar-refractivity contribution in [2.45, 2.75) is 113 Å². The quantitative estimate of drug-likeness (QED) is 0.0873. The smallest absolute Gasteiger partial charge is 0.278 e. The number of hydrogen-bond acceptors (Lipinski definition) is 11. The number of nitrogens with zero attached hydrogens (tertiary/aromatic N) is 10. The number of nitrogens with two attached hydrogens (primary N) is 3. The maximum absolute atomic E-state index is 12.0. The number of rotatable bonds is 10. The molecule has 0 radical (unpaired) electrons.